The Balaban J connectivity index is 0.00000341. The molecule has 0 saturated heterocycles. The monoisotopic (exact) mass is 533 g/mol. The molecule has 2 aromatic heterocycles. The number of aromatic amines is 1. The lowest BCUT2D eigenvalue weighted by Gasteiger charge is -2.21. The quantitative estimate of drug-likeness (QED) is 0.156. The number of nitrogens with zero attached hydrogens (tertiary/aromatic N) is 4. The molecule has 0 amide bonds. The molecule has 3 rings (SSSR count). The number of guanidine groups is 1. The molecule has 0 aliphatic heterocycles. The molecule has 2 heterocycles. The van der Waals surface area contributed by atoms with Crippen molar-refractivity contribution < 1.29 is 0 Å². The van der Waals surface area contributed by atoms with Crippen LogP contribution < -0.4 is 10.6 Å². The third-order valence-electron chi connectivity index (χ3n) is 4.61. The van der Waals surface area contributed by atoms with Crippen LogP contribution in [0.1, 0.15) is 25.6 Å². The number of pyridine rings is 1. The number of aliphatic imine (C=N–C) groups is 1. The van der Waals surface area contributed by atoms with Gasteiger partial charge in [0.25, 0.3) is 0 Å². The number of imidazole rings is 1. The molecule has 166 valence electrons. The average Bonchev–Trinajstić information content (AvgIpc) is 3.25. The van der Waals surface area contributed by atoms with Gasteiger partial charge < -0.3 is 20.5 Å². The third kappa shape index (κ3) is 8.20. The Hall–Kier alpha value is -2.62. The van der Waals surface area contributed by atoms with E-state index in [4.69, 9.17) is 4.99 Å². The first kappa shape index (κ1) is 24.6. The minimum Gasteiger partial charge on any atom is -0.370 e. The molecule has 0 spiro atoms. The van der Waals surface area contributed by atoms with E-state index in [1.54, 1.807) is 6.20 Å². The lowest BCUT2D eigenvalue weighted by molar-refractivity contribution is 0.463. The summed E-state index contributed by atoms with van der Waals surface area (Å²) >= 11 is 0. The minimum absolute atomic E-state index is 0. The summed E-state index contributed by atoms with van der Waals surface area (Å²) in [5.41, 5.74) is 2.17. The van der Waals surface area contributed by atoms with Gasteiger partial charge in [-0.15, -0.1) is 24.0 Å². The zero-order chi connectivity index (χ0) is 21.0. The maximum absolute atomic E-state index is 4.77. The van der Waals surface area contributed by atoms with E-state index < -0.39 is 0 Å². The van der Waals surface area contributed by atoms with Crippen molar-refractivity contribution in [2.24, 2.45) is 4.99 Å². The first-order valence-corrected chi connectivity index (χ1v) is 10.5. The number of benzene rings is 1. The average molecular weight is 533 g/mol. The van der Waals surface area contributed by atoms with Crippen molar-refractivity contribution in [2.45, 2.75) is 26.3 Å². The molecule has 8 heteroatoms. The highest BCUT2D eigenvalue weighted by Gasteiger charge is 2.09. The summed E-state index contributed by atoms with van der Waals surface area (Å²) in [6, 6.07) is 16.1. The molecule has 7 nitrogen and oxygen atoms in total. The van der Waals surface area contributed by atoms with Crippen molar-refractivity contribution in [3.63, 3.8) is 0 Å². The molecule has 0 fully saturated rings. The predicted molar refractivity (Wildman–Crippen MR) is 139 cm³/mol. The number of rotatable bonds is 10. The maximum Gasteiger partial charge on any atom is 0.194 e. The Morgan fingerprint density at radius 2 is 1.87 bits per heavy atom. The number of unbranched alkanes of at least 4 members (excludes halogenated alkanes) is 1. The first-order valence-electron chi connectivity index (χ1n) is 10.5. The Kier molecular flexibility index (Phi) is 10.8. The van der Waals surface area contributed by atoms with Crippen LogP contribution in [-0.2, 0) is 6.54 Å². The number of hydrogen-bond acceptors (Lipinski definition) is 4. The van der Waals surface area contributed by atoms with Crippen LogP contribution in [-0.4, -0.2) is 52.5 Å². The zero-order valence-corrected chi connectivity index (χ0v) is 20.5. The van der Waals surface area contributed by atoms with Crippen LogP contribution in [0.5, 0.6) is 0 Å². The highest BCUT2D eigenvalue weighted by molar-refractivity contribution is 14.0. The maximum atomic E-state index is 4.77. The van der Waals surface area contributed by atoms with Crippen LogP contribution >= 0.6 is 24.0 Å². The number of hydrogen-bond donors (Lipinski definition) is 3. The zero-order valence-electron chi connectivity index (χ0n) is 18.2. The van der Waals surface area contributed by atoms with E-state index in [9.17, 15) is 0 Å². The summed E-state index contributed by atoms with van der Waals surface area (Å²) in [5.74, 6) is 2.73. The van der Waals surface area contributed by atoms with Crippen LogP contribution in [0.15, 0.2) is 65.9 Å². The van der Waals surface area contributed by atoms with E-state index in [-0.39, 0.29) is 24.0 Å². The topological polar surface area (TPSA) is 81.2 Å². The van der Waals surface area contributed by atoms with Crippen LogP contribution in [0.4, 0.5) is 5.82 Å². The van der Waals surface area contributed by atoms with Gasteiger partial charge in [-0.2, -0.15) is 0 Å². The lowest BCUT2D eigenvalue weighted by Crippen LogP contribution is -2.38. The van der Waals surface area contributed by atoms with Gasteiger partial charge in [-0.05, 0) is 37.5 Å². The fourth-order valence-electron chi connectivity index (χ4n) is 3.08. The SMILES string of the molecule is CCNC(=NCCCCNc1ccccn1)N(C)Cc1ncc(-c2ccccc2)[nH]1.I. The number of anilines is 1. The molecular weight excluding hydrogens is 501 g/mol. The van der Waals surface area contributed by atoms with Gasteiger partial charge in [0.1, 0.15) is 11.6 Å². The third-order valence-corrected chi connectivity index (χ3v) is 4.61. The summed E-state index contributed by atoms with van der Waals surface area (Å²) in [4.78, 5) is 19.1. The first-order chi connectivity index (χ1) is 14.8. The number of nitrogens with one attached hydrogen (secondary N) is 3. The Labute approximate surface area is 201 Å². The molecule has 0 aliphatic rings. The van der Waals surface area contributed by atoms with Crippen molar-refractivity contribution in [1.82, 2.24) is 25.2 Å². The lowest BCUT2D eigenvalue weighted by atomic mass is 10.2. The molecule has 0 aliphatic carbocycles. The summed E-state index contributed by atoms with van der Waals surface area (Å²) in [6.45, 7) is 5.26. The highest BCUT2D eigenvalue weighted by Crippen LogP contribution is 2.16. The molecule has 3 N–H and O–H groups in total. The highest BCUT2D eigenvalue weighted by atomic mass is 127. The van der Waals surface area contributed by atoms with Crippen molar-refractivity contribution in [3.05, 3.63) is 66.7 Å². The largest absolute Gasteiger partial charge is 0.370 e. The number of halogens is 1. The molecule has 0 radical (unpaired) electrons. The normalized spacial score (nSPS) is 11.0. The molecule has 0 unspecified atom stereocenters. The van der Waals surface area contributed by atoms with Crippen molar-refractivity contribution in [3.8, 4) is 11.3 Å². The van der Waals surface area contributed by atoms with E-state index in [1.165, 1.54) is 0 Å². The van der Waals surface area contributed by atoms with E-state index in [2.05, 4.69) is 49.5 Å². The van der Waals surface area contributed by atoms with E-state index in [0.29, 0.717) is 6.54 Å². The van der Waals surface area contributed by atoms with Gasteiger partial charge in [0.2, 0.25) is 0 Å². The van der Waals surface area contributed by atoms with Gasteiger partial charge in [-0.25, -0.2) is 9.97 Å². The summed E-state index contributed by atoms with van der Waals surface area (Å²) in [6.07, 6.45) is 5.74. The predicted octanol–water partition coefficient (Wildman–Crippen LogP) is 4.38. The van der Waals surface area contributed by atoms with Gasteiger partial charge in [-0.3, -0.25) is 4.99 Å². The Morgan fingerprint density at radius 1 is 1.06 bits per heavy atom. The Bertz CT molecular complexity index is 897. The van der Waals surface area contributed by atoms with Crippen molar-refractivity contribution in [1.29, 1.82) is 0 Å². The number of H-pyrrole nitrogens is 1. The number of aromatic nitrogens is 3. The van der Waals surface area contributed by atoms with Crippen LogP contribution in [0, 0.1) is 0 Å². The van der Waals surface area contributed by atoms with E-state index >= 15 is 0 Å². The van der Waals surface area contributed by atoms with Crippen LogP contribution in [0.3, 0.4) is 0 Å². The minimum atomic E-state index is 0. The Morgan fingerprint density at radius 3 is 2.61 bits per heavy atom. The van der Waals surface area contributed by atoms with Gasteiger partial charge >= 0.3 is 0 Å². The smallest absolute Gasteiger partial charge is 0.194 e. The molecule has 0 bridgehead atoms. The summed E-state index contributed by atoms with van der Waals surface area (Å²) in [7, 11) is 2.04. The van der Waals surface area contributed by atoms with Crippen molar-refractivity contribution in [2.75, 3.05) is 32.0 Å². The molecular formula is C23H32IN7. The molecule has 0 saturated carbocycles. The van der Waals surface area contributed by atoms with Crippen LogP contribution in [0.25, 0.3) is 11.3 Å². The van der Waals surface area contributed by atoms with E-state index in [0.717, 1.165) is 61.3 Å². The molecule has 0 atom stereocenters. The van der Waals surface area contributed by atoms with Gasteiger partial charge in [0.05, 0.1) is 18.4 Å². The van der Waals surface area contributed by atoms with Gasteiger partial charge in [0, 0.05) is 32.9 Å². The second-order valence-electron chi connectivity index (χ2n) is 7.05. The second-order valence-corrected chi connectivity index (χ2v) is 7.05. The summed E-state index contributed by atoms with van der Waals surface area (Å²) < 4.78 is 0. The van der Waals surface area contributed by atoms with Crippen molar-refractivity contribution >= 4 is 35.8 Å². The molecule has 3 aromatic rings. The molecule has 31 heavy (non-hydrogen) atoms. The fraction of sp³-hybridized carbons (Fsp3) is 0.348. The van der Waals surface area contributed by atoms with Gasteiger partial charge in [-0.1, -0.05) is 36.4 Å². The van der Waals surface area contributed by atoms with Crippen LogP contribution in [0.2, 0.25) is 0 Å². The second kappa shape index (κ2) is 13.6. The molecule has 1 aromatic carbocycles. The fourth-order valence-corrected chi connectivity index (χ4v) is 3.08. The summed E-state index contributed by atoms with van der Waals surface area (Å²) in [5, 5.41) is 6.70. The van der Waals surface area contributed by atoms with E-state index in [1.807, 2.05) is 49.6 Å². The van der Waals surface area contributed by atoms with Gasteiger partial charge in [0.15, 0.2) is 5.96 Å². The standard InChI is InChI=1S/C23H31N7.HI/c1-3-24-23(27-16-10-9-15-26-21-13-7-8-14-25-21)30(2)18-22-28-17-20(29-22)19-11-5-4-6-12-19;/h4-8,11-14,17H,3,9-10,15-16,18H2,1-2H3,(H,24,27)(H,25,26)(H,28,29);1H.